The third-order valence-corrected chi connectivity index (χ3v) is 3.76. The second-order valence-electron chi connectivity index (χ2n) is 5.51. The topological polar surface area (TPSA) is 86.4 Å². The van der Waals surface area contributed by atoms with Crippen LogP contribution in [-0.2, 0) is 16.1 Å². The molecule has 7 nitrogen and oxygen atoms in total. The van der Waals surface area contributed by atoms with Crippen molar-refractivity contribution in [1.29, 1.82) is 0 Å². The molecule has 0 saturated heterocycles. The fraction of sp³-hybridized carbons (Fsp3) is 0.167. The number of furan rings is 1. The van der Waals surface area contributed by atoms with Crippen molar-refractivity contribution in [2.75, 3.05) is 5.32 Å². The van der Waals surface area contributed by atoms with Gasteiger partial charge in [-0.3, -0.25) is 9.48 Å². The Kier molecular flexibility index (Phi) is 5.38. The number of anilines is 1. The highest BCUT2D eigenvalue weighted by molar-refractivity contribution is 6.30. The van der Waals surface area contributed by atoms with Crippen molar-refractivity contribution < 1.29 is 18.7 Å². The molecule has 1 atom stereocenters. The number of halogens is 1. The molecular formula is C18H16ClN3O4. The monoisotopic (exact) mass is 373 g/mol. The lowest BCUT2D eigenvalue weighted by Crippen LogP contribution is -2.29. The van der Waals surface area contributed by atoms with Gasteiger partial charge in [-0.15, -0.1) is 0 Å². The maximum absolute atomic E-state index is 12.1. The van der Waals surface area contributed by atoms with E-state index in [0.717, 1.165) is 0 Å². The number of nitrogens with one attached hydrogen (secondary N) is 1. The van der Waals surface area contributed by atoms with Gasteiger partial charge in [-0.1, -0.05) is 11.6 Å². The van der Waals surface area contributed by atoms with Gasteiger partial charge in [-0.25, -0.2) is 4.79 Å². The van der Waals surface area contributed by atoms with E-state index < -0.39 is 18.0 Å². The molecule has 3 rings (SSSR count). The third kappa shape index (κ3) is 4.52. The molecule has 0 aliphatic heterocycles. The van der Waals surface area contributed by atoms with Gasteiger partial charge in [-0.2, -0.15) is 5.10 Å². The molecule has 0 radical (unpaired) electrons. The van der Waals surface area contributed by atoms with Crippen molar-refractivity contribution >= 4 is 29.2 Å². The minimum absolute atomic E-state index is 0.0262. The molecule has 0 fully saturated rings. The highest BCUT2D eigenvalue weighted by Crippen LogP contribution is 2.15. The van der Waals surface area contributed by atoms with Crippen LogP contribution < -0.4 is 5.32 Å². The van der Waals surface area contributed by atoms with Gasteiger partial charge in [0.05, 0.1) is 6.54 Å². The number of rotatable bonds is 6. The average Bonchev–Trinajstić information content (AvgIpc) is 3.29. The normalized spacial score (nSPS) is 11.8. The first kappa shape index (κ1) is 17.8. The third-order valence-electron chi connectivity index (χ3n) is 3.50. The van der Waals surface area contributed by atoms with Crippen molar-refractivity contribution in [3.8, 4) is 0 Å². The van der Waals surface area contributed by atoms with Gasteiger partial charge >= 0.3 is 5.97 Å². The van der Waals surface area contributed by atoms with Gasteiger partial charge in [0.1, 0.15) is 5.76 Å². The molecule has 0 aliphatic rings. The summed E-state index contributed by atoms with van der Waals surface area (Å²) in [7, 11) is 0. The lowest BCUT2D eigenvalue weighted by atomic mass is 10.3. The summed E-state index contributed by atoms with van der Waals surface area (Å²) < 4.78 is 12.3. The van der Waals surface area contributed by atoms with E-state index in [1.807, 2.05) is 0 Å². The minimum atomic E-state index is -0.988. The number of esters is 1. The molecule has 0 saturated carbocycles. The summed E-state index contributed by atoms with van der Waals surface area (Å²) in [4.78, 5) is 24.3. The number of carbonyl (C=O) groups excluding carboxylic acids is 2. The predicted octanol–water partition coefficient (Wildman–Crippen LogP) is 3.36. The van der Waals surface area contributed by atoms with Gasteiger partial charge in [0.2, 0.25) is 5.76 Å². The fourth-order valence-corrected chi connectivity index (χ4v) is 2.30. The summed E-state index contributed by atoms with van der Waals surface area (Å²) in [5, 5.41) is 7.27. The number of ether oxygens (including phenoxy) is 1. The van der Waals surface area contributed by atoms with Crippen molar-refractivity contribution in [1.82, 2.24) is 9.78 Å². The number of carbonyl (C=O) groups is 2. The molecular weight excluding hydrogens is 358 g/mol. The number of hydrogen-bond donors (Lipinski definition) is 1. The standard InChI is InChI=1S/C18H16ClN3O4/c1-12(17(23)21-14-5-3-13(19)4-6-14)25-18(24)16-8-7-15(26-16)11-22-10-2-9-20-22/h2-10,12H,11H2,1H3,(H,21,23). The lowest BCUT2D eigenvalue weighted by Gasteiger charge is -2.12. The number of aromatic nitrogens is 2. The van der Waals surface area contributed by atoms with Crippen LogP contribution in [0.15, 0.2) is 59.3 Å². The number of nitrogens with zero attached hydrogens (tertiary/aromatic N) is 2. The highest BCUT2D eigenvalue weighted by Gasteiger charge is 2.21. The van der Waals surface area contributed by atoms with Crippen molar-refractivity contribution in [3.05, 3.63) is 71.4 Å². The summed E-state index contributed by atoms with van der Waals surface area (Å²) in [5.41, 5.74) is 0.557. The summed E-state index contributed by atoms with van der Waals surface area (Å²) in [6.07, 6.45) is 2.45. The first-order valence-electron chi connectivity index (χ1n) is 7.85. The van der Waals surface area contributed by atoms with Crippen molar-refractivity contribution in [2.24, 2.45) is 0 Å². The highest BCUT2D eigenvalue weighted by atomic mass is 35.5. The zero-order valence-electron chi connectivity index (χ0n) is 13.9. The SMILES string of the molecule is CC(OC(=O)c1ccc(Cn2cccn2)o1)C(=O)Nc1ccc(Cl)cc1. The van der Waals surface area contributed by atoms with Crippen LogP contribution in [0.1, 0.15) is 23.2 Å². The number of hydrogen-bond acceptors (Lipinski definition) is 5. The summed E-state index contributed by atoms with van der Waals surface area (Å²) in [5.74, 6) is -0.586. The van der Waals surface area contributed by atoms with E-state index in [-0.39, 0.29) is 5.76 Å². The van der Waals surface area contributed by atoms with Crippen LogP contribution in [0.5, 0.6) is 0 Å². The van der Waals surface area contributed by atoms with Gasteiger partial charge < -0.3 is 14.5 Å². The molecule has 2 heterocycles. The van der Waals surface area contributed by atoms with Crippen LogP contribution in [0.3, 0.4) is 0 Å². The second-order valence-corrected chi connectivity index (χ2v) is 5.95. The van der Waals surface area contributed by atoms with E-state index in [0.29, 0.717) is 23.0 Å². The summed E-state index contributed by atoms with van der Waals surface area (Å²) in [6.45, 7) is 1.88. The molecule has 134 valence electrons. The molecule has 1 aromatic carbocycles. The summed E-state index contributed by atoms with van der Waals surface area (Å²) >= 11 is 5.80. The molecule has 1 unspecified atom stereocenters. The molecule has 8 heteroatoms. The molecule has 1 N–H and O–H groups in total. The number of amides is 1. The van der Waals surface area contributed by atoms with Crippen LogP contribution in [-0.4, -0.2) is 27.8 Å². The van der Waals surface area contributed by atoms with Crippen LogP contribution in [0.2, 0.25) is 5.02 Å². The largest absolute Gasteiger partial charge is 0.452 e. The predicted molar refractivity (Wildman–Crippen MR) is 95.0 cm³/mol. The Hall–Kier alpha value is -3.06. The first-order chi connectivity index (χ1) is 12.5. The molecule has 0 bridgehead atoms. The molecule has 1 amide bonds. The summed E-state index contributed by atoms with van der Waals surface area (Å²) in [6, 6.07) is 11.6. The Labute approximate surface area is 154 Å². The van der Waals surface area contributed by atoms with E-state index in [1.54, 1.807) is 53.5 Å². The maximum atomic E-state index is 12.1. The van der Waals surface area contributed by atoms with E-state index in [1.165, 1.54) is 13.0 Å². The Balaban J connectivity index is 1.55. The van der Waals surface area contributed by atoms with Gasteiger partial charge in [0.15, 0.2) is 6.10 Å². The van der Waals surface area contributed by atoms with Crippen LogP contribution in [0.4, 0.5) is 5.69 Å². The molecule has 0 aliphatic carbocycles. The van der Waals surface area contributed by atoms with E-state index in [4.69, 9.17) is 20.8 Å². The van der Waals surface area contributed by atoms with Gasteiger partial charge in [0.25, 0.3) is 5.91 Å². The lowest BCUT2D eigenvalue weighted by molar-refractivity contribution is -0.123. The van der Waals surface area contributed by atoms with Crippen LogP contribution >= 0.6 is 11.6 Å². The molecule has 26 heavy (non-hydrogen) atoms. The zero-order chi connectivity index (χ0) is 18.5. The number of benzene rings is 1. The fourth-order valence-electron chi connectivity index (χ4n) is 2.18. The minimum Gasteiger partial charge on any atom is -0.452 e. The second kappa shape index (κ2) is 7.88. The Morgan fingerprint density at radius 3 is 2.73 bits per heavy atom. The van der Waals surface area contributed by atoms with Crippen LogP contribution in [0, 0.1) is 0 Å². The Bertz CT molecular complexity index is 888. The molecule has 3 aromatic rings. The van der Waals surface area contributed by atoms with Gasteiger partial charge in [0, 0.05) is 23.1 Å². The molecule has 0 spiro atoms. The maximum Gasteiger partial charge on any atom is 0.375 e. The smallest absolute Gasteiger partial charge is 0.375 e. The van der Waals surface area contributed by atoms with E-state index >= 15 is 0 Å². The van der Waals surface area contributed by atoms with Crippen molar-refractivity contribution in [3.63, 3.8) is 0 Å². The first-order valence-corrected chi connectivity index (χ1v) is 8.22. The average molecular weight is 374 g/mol. The Morgan fingerprint density at radius 2 is 2.04 bits per heavy atom. The van der Waals surface area contributed by atoms with Crippen molar-refractivity contribution in [2.45, 2.75) is 19.6 Å². The van der Waals surface area contributed by atoms with Crippen LogP contribution in [0.25, 0.3) is 0 Å². The molecule has 2 aromatic heterocycles. The van der Waals surface area contributed by atoms with E-state index in [2.05, 4.69) is 10.4 Å². The Morgan fingerprint density at radius 1 is 1.27 bits per heavy atom. The zero-order valence-corrected chi connectivity index (χ0v) is 14.6. The van der Waals surface area contributed by atoms with Gasteiger partial charge in [-0.05, 0) is 49.4 Å². The van der Waals surface area contributed by atoms with E-state index in [9.17, 15) is 9.59 Å². The quantitative estimate of drug-likeness (QED) is 0.669.